The third-order valence-corrected chi connectivity index (χ3v) is 5.36. The van der Waals surface area contributed by atoms with E-state index in [4.69, 9.17) is 4.74 Å². The third kappa shape index (κ3) is 3.43. The number of ether oxygens (including phenoxy) is 1. The van der Waals surface area contributed by atoms with Crippen molar-refractivity contribution in [2.75, 3.05) is 13.1 Å². The maximum Gasteiger partial charge on any atom is 0.249 e. The summed E-state index contributed by atoms with van der Waals surface area (Å²) in [6.07, 6.45) is 9.41. The van der Waals surface area contributed by atoms with Gasteiger partial charge in [0, 0.05) is 44.5 Å². The van der Waals surface area contributed by atoms with Crippen molar-refractivity contribution < 1.29 is 9.53 Å². The van der Waals surface area contributed by atoms with Gasteiger partial charge in [0.25, 0.3) is 0 Å². The Hall–Kier alpha value is -1.40. The number of likely N-dealkylation sites (tertiary alicyclic amines) is 1. The van der Waals surface area contributed by atoms with Gasteiger partial charge in [0.1, 0.15) is 6.10 Å². The monoisotopic (exact) mass is 318 g/mol. The second-order valence-corrected chi connectivity index (χ2v) is 7.28. The summed E-state index contributed by atoms with van der Waals surface area (Å²) in [5, 5.41) is 7.30. The first kappa shape index (κ1) is 15.1. The summed E-state index contributed by atoms with van der Waals surface area (Å²) < 4.78 is 7.97. The van der Waals surface area contributed by atoms with Gasteiger partial charge in [0.05, 0.1) is 12.3 Å². The van der Waals surface area contributed by atoms with Crippen LogP contribution in [0.4, 0.5) is 0 Å². The van der Waals surface area contributed by atoms with E-state index in [-0.39, 0.29) is 18.1 Å². The summed E-state index contributed by atoms with van der Waals surface area (Å²) in [5.41, 5.74) is 1.25. The van der Waals surface area contributed by atoms with Crippen molar-refractivity contribution in [3.8, 4) is 0 Å². The number of hydrogen-bond donors (Lipinski definition) is 1. The average Bonchev–Trinajstić information content (AvgIpc) is 3.18. The number of aromatic nitrogens is 2. The van der Waals surface area contributed by atoms with Gasteiger partial charge in [-0.2, -0.15) is 5.10 Å². The smallest absolute Gasteiger partial charge is 0.249 e. The fourth-order valence-corrected chi connectivity index (χ4v) is 3.87. The highest BCUT2D eigenvalue weighted by Gasteiger charge is 2.41. The van der Waals surface area contributed by atoms with Crippen molar-refractivity contribution in [2.45, 2.75) is 56.9 Å². The number of nitrogens with one attached hydrogen (secondary N) is 1. The first-order valence-electron chi connectivity index (χ1n) is 8.84. The van der Waals surface area contributed by atoms with Crippen LogP contribution in [-0.4, -0.2) is 51.9 Å². The molecule has 0 radical (unpaired) electrons. The molecule has 3 atom stereocenters. The molecule has 23 heavy (non-hydrogen) atoms. The second kappa shape index (κ2) is 6.24. The van der Waals surface area contributed by atoms with Crippen LogP contribution in [0.15, 0.2) is 12.4 Å². The Kier molecular flexibility index (Phi) is 4.11. The van der Waals surface area contributed by atoms with Crippen molar-refractivity contribution >= 4 is 5.91 Å². The number of nitrogens with zero attached hydrogens (tertiary/aromatic N) is 3. The lowest BCUT2D eigenvalue weighted by molar-refractivity contribution is -0.144. The van der Waals surface area contributed by atoms with E-state index in [0.29, 0.717) is 6.04 Å². The lowest BCUT2D eigenvalue weighted by Gasteiger charge is -2.35. The van der Waals surface area contributed by atoms with Gasteiger partial charge in [-0.1, -0.05) is 0 Å². The molecule has 1 amide bonds. The van der Waals surface area contributed by atoms with E-state index < -0.39 is 0 Å². The quantitative estimate of drug-likeness (QED) is 0.882. The van der Waals surface area contributed by atoms with E-state index in [1.54, 1.807) is 0 Å². The Bertz CT molecular complexity index is 569. The van der Waals surface area contributed by atoms with E-state index in [1.165, 1.54) is 18.4 Å². The minimum absolute atomic E-state index is 0.0982. The Labute approximate surface area is 137 Å². The number of rotatable bonds is 5. The largest absolute Gasteiger partial charge is 0.363 e. The zero-order chi connectivity index (χ0) is 15.8. The molecule has 4 rings (SSSR count). The second-order valence-electron chi connectivity index (χ2n) is 7.28. The number of fused-ring (bicyclic) bond motifs is 1. The van der Waals surface area contributed by atoms with Gasteiger partial charge in [-0.25, -0.2) is 0 Å². The Morgan fingerprint density at radius 3 is 2.96 bits per heavy atom. The lowest BCUT2D eigenvalue weighted by atomic mass is 9.98. The van der Waals surface area contributed by atoms with Gasteiger partial charge in [0.2, 0.25) is 5.91 Å². The lowest BCUT2D eigenvalue weighted by Crippen LogP contribution is -2.47. The first-order valence-corrected chi connectivity index (χ1v) is 8.84. The zero-order valence-corrected chi connectivity index (χ0v) is 13.8. The molecular formula is C17H26N4O2. The molecule has 126 valence electrons. The maximum atomic E-state index is 12.2. The zero-order valence-electron chi connectivity index (χ0n) is 13.8. The topological polar surface area (TPSA) is 59.4 Å². The maximum absolute atomic E-state index is 12.2. The molecule has 3 aliphatic rings. The van der Waals surface area contributed by atoms with Crippen LogP contribution in [-0.2, 0) is 23.1 Å². The predicted molar refractivity (Wildman–Crippen MR) is 85.7 cm³/mol. The molecule has 6 heteroatoms. The van der Waals surface area contributed by atoms with Gasteiger partial charge in [-0.15, -0.1) is 0 Å². The summed E-state index contributed by atoms with van der Waals surface area (Å²) >= 11 is 0. The number of aryl methyl sites for hydroxylation is 1. The third-order valence-electron chi connectivity index (χ3n) is 5.36. The van der Waals surface area contributed by atoms with E-state index in [1.807, 2.05) is 17.9 Å². The molecule has 1 aliphatic carbocycles. The summed E-state index contributed by atoms with van der Waals surface area (Å²) in [5.74, 6) is 0.817. The molecule has 1 aromatic heterocycles. The van der Waals surface area contributed by atoms with Crippen LogP contribution in [0.1, 0.15) is 37.7 Å². The summed E-state index contributed by atoms with van der Waals surface area (Å²) in [4.78, 5) is 14.7. The van der Waals surface area contributed by atoms with Crippen LogP contribution >= 0.6 is 0 Å². The van der Waals surface area contributed by atoms with Crippen molar-refractivity contribution in [1.82, 2.24) is 20.0 Å². The molecule has 6 nitrogen and oxygen atoms in total. The van der Waals surface area contributed by atoms with E-state index in [0.717, 1.165) is 44.8 Å². The van der Waals surface area contributed by atoms with Crippen LogP contribution in [0.25, 0.3) is 0 Å². The molecule has 1 N–H and O–H groups in total. The Balaban J connectivity index is 1.30. The molecule has 0 bridgehead atoms. The average molecular weight is 318 g/mol. The summed E-state index contributed by atoms with van der Waals surface area (Å²) in [6, 6.07) is 0.447. The van der Waals surface area contributed by atoms with E-state index >= 15 is 0 Å². The molecule has 1 saturated carbocycles. The van der Waals surface area contributed by atoms with Gasteiger partial charge in [0.15, 0.2) is 0 Å². The fraction of sp³-hybridized carbons (Fsp3) is 0.765. The first-order chi connectivity index (χ1) is 11.2. The van der Waals surface area contributed by atoms with Crippen LogP contribution in [0.5, 0.6) is 0 Å². The number of carbonyl (C=O) groups excluding carboxylic acids is 1. The molecule has 3 fully saturated rings. The molecular weight excluding hydrogens is 292 g/mol. The minimum Gasteiger partial charge on any atom is -0.363 e. The van der Waals surface area contributed by atoms with Crippen molar-refractivity contribution in [3.63, 3.8) is 0 Å². The van der Waals surface area contributed by atoms with Crippen LogP contribution in [0.2, 0.25) is 0 Å². The summed E-state index contributed by atoms with van der Waals surface area (Å²) in [6.45, 7) is 2.80. The van der Waals surface area contributed by atoms with Crippen molar-refractivity contribution in [2.24, 2.45) is 13.0 Å². The minimum atomic E-state index is -0.242. The highest BCUT2D eigenvalue weighted by molar-refractivity contribution is 5.80. The Morgan fingerprint density at radius 2 is 2.22 bits per heavy atom. The van der Waals surface area contributed by atoms with E-state index in [2.05, 4.69) is 21.5 Å². The van der Waals surface area contributed by atoms with Crippen LogP contribution < -0.4 is 5.32 Å². The van der Waals surface area contributed by atoms with Crippen LogP contribution in [0, 0.1) is 5.92 Å². The molecule has 2 aliphatic heterocycles. The standard InChI is InChI=1S/C17H26N4O2/c1-20-10-13(9-19-20)11-21-7-6-15-14(21)4-5-16(23-15)17(22)18-8-12-2-3-12/h9-10,12,14-16H,2-8,11H2,1H3,(H,18,22)/t14-,15-,16+/m1/s1. The Morgan fingerprint density at radius 1 is 1.35 bits per heavy atom. The highest BCUT2D eigenvalue weighted by Crippen LogP contribution is 2.33. The van der Waals surface area contributed by atoms with Gasteiger partial charge >= 0.3 is 0 Å². The van der Waals surface area contributed by atoms with Crippen LogP contribution in [0.3, 0.4) is 0 Å². The highest BCUT2D eigenvalue weighted by atomic mass is 16.5. The molecule has 3 heterocycles. The number of amides is 1. The normalized spacial score (nSPS) is 31.1. The fourth-order valence-electron chi connectivity index (χ4n) is 3.87. The molecule has 2 saturated heterocycles. The van der Waals surface area contributed by atoms with Gasteiger partial charge in [-0.05, 0) is 38.0 Å². The summed E-state index contributed by atoms with van der Waals surface area (Å²) in [7, 11) is 1.95. The number of hydrogen-bond acceptors (Lipinski definition) is 4. The van der Waals surface area contributed by atoms with Crippen molar-refractivity contribution in [1.29, 1.82) is 0 Å². The SMILES string of the molecule is Cn1cc(CN2CC[C@H]3O[C@H](C(=O)NCC4CC4)CC[C@H]32)cn1. The predicted octanol–water partition coefficient (Wildman–Crippen LogP) is 1.07. The molecule has 1 aromatic rings. The van der Waals surface area contributed by atoms with Gasteiger partial charge in [-0.3, -0.25) is 14.4 Å². The van der Waals surface area contributed by atoms with Gasteiger partial charge < -0.3 is 10.1 Å². The number of carbonyl (C=O) groups is 1. The van der Waals surface area contributed by atoms with E-state index in [9.17, 15) is 4.79 Å². The molecule has 0 spiro atoms. The van der Waals surface area contributed by atoms with Crippen molar-refractivity contribution in [3.05, 3.63) is 18.0 Å². The molecule has 0 aromatic carbocycles. The molecule has 0 unspecified atom stereocenters.